The highest BCUT2D eigenvalue weighted by Gasteiger charge is 2.73. The molecule has 8 N–H and O–H groups in total. The van der Waals surface area contributed by atoms with Crippen LogP contribution < -0.4 is 4.74 Å². The molecule has 1 aromatic carbocycles. The number of phenols is 1. The van der Waals surface area contributed by atoms with E-state index >= 15 is 0 Å². The lowest BCUT2D eigenvalue weighted by atomic mass is 9.41. The predicted molar refractivity (Wildman–Crippen MR) is 167 cm³/mol. The van der Waals surface area contributed by atoms with Gasteiger partial charge in [-0.3, -0.25) is 4.79 Å². The van der Waals surface area contributed by atoms with Gasteiger partial charge in [0.15, 0.2) is 11.5 Å². The standard InChI is InChI=1S/C35H50O11/c1-16(2)8-11-24(38)35(7,44)30-20(37)13-32(4)23-10-9-18-17(3)26(40)21(12-19(18)34(23,6)25(39)14-33(30,32)5)45-31-29(43)28(42)27(41)22(15-36)46-31/h8,11-12,20,22-24,27-31,36-38,40-44H,1,9-10,13-15H2,2-7H3/b11-8+/t20-,22-,23?,24?,27-,28+,29-,30?,31-,32+,33-,34+,35+/m1/s1. The van der Waals surface area contributed by atoms with E-state index in [2.05, 4.69) is 13.5 Å². The number of carbonyl (C=O) groups is 1. The first kappa shape index (κ1) is 35.0. The zero-order valence-corrected chi connectivity index (χ0v) is 27.5. The Bertz CT molecular complexity index is 1420. The summed E-state index contributed by atoms with van der Waals surface area (Å²) < 4.78 is 11.4. The fourth-order valence-electron chi connectivity index (χ4n) is 9.65. The molecular formula is C35H50O11. The monoisotopic (exact) mass is 646 g/mol. The number of carbonyl (C=O) groups excluding carboxylic acids is 1. The molecule has 3 unspecified atom stereocenters. The molecule has 4 aliphatic rings. The minimum absolute atomic E-state index is 0.0214. The van der Waals surface area contributed by atoms with Gasteiger partial charge in [0.05, 0.1) is 23.7 Å². The van der Waals surface area contributed by atoms with Crippen molar-refractivity contribution in [2.24, 2.45) is 22.7 Å². The van der Waals surface area contributed by atoms with E-state index in [0.717, 1.165) is 5.56 Å². The van der Waals surface area contributed by atoms with Crippen LogP contribution >= 0.6 is 0 Å². The molecule has 0 bridgehead atoms. The van der Waals surface area contributed by atoms with Crippen LogP contribution in [-0.2, 0) is 21.4 Å². The summed E-state index contributed by atoms with van der Waals surface area (Å²) >= 11 is 0. The summed E-state index contributed by atoms with van der Waals surface area (Å²) in [6.07, 6.45) is -5.51. The molecule has 3 fully saturated rings. The van der Waals surface area contributed by atoms with Crippen LogP contribution in [0.4, 0.5) is 0 Å². The fourth-order valence-corrected chi connectivity index (χ4v) is 9.65. The number of ketones is 1. The van der Waals surface area contributed by atoms with Crippen LogP contribution in [0.3, 0.4) is 0 Å². The molecule has 0 amide bonds. The third-order valence-electron chi connectivity index (χ3n) is 12.3. The Morgan fingerprint density at radius 2 is 1.83 bits per heavy atom. The van der Waals surface area contributed by atoms with E-state index in [-0.39, 0.29) is 29.6 Å². The number of aliphatic hydroxyl groups is 7. The first-order chi connectivity index (χ1) is 21.3. The van der Waals surface area contributed by atoms with Crippen LogP contribution in [-0.4, -0.2) is 102 Å². The molecule has 0 aromatic heterocycles. The third kappa shape index (κ3) is 4.89. The zero-order chi connectivity index (χ0) is 34.3. The van der Waals surface area contributed by atoms with E-state index in [9.17, 15) is 45.6 Å². The van der Waals surface area contributed by atoms with E-state index in [1.807, 2.05) is 13.8 Å². The molecule has 1 heterocycles. The quantitative estimate of drug-likeness (QED) is 0.199. The maximum Gasteiger partial charge on any atom is 0.229 e. The highest BCUT2D eigenvalue weighted by molar-refractivity contribution is 5.93. The van der Waals surface area contributed by atoms with Crippen LogP contribution in [0, 0.1) is 29.6 Å². The number of Topliss-reactive ketones (excluding diaryl/α,β-unsaturated/α-hetero) is 1. The van der Waals surface area contributed by atoms with Gasteiger partial charge in [-0.15, -0.1) is 0 Å². The summed E-state index contributed by atoms with van der Waals surface area (Å²) in [5.41, 5.74) is -1.75. The molecule has 256 valence electrons. The highest BCUT2D eigenvalue weighted by Crippen LogP contribution is 2.72. The van der Waals surface area contributed by atoms with Crippen molar-refractivity contribution in [1.82, 2.24) is 0 Å². The number of hydrogen-bond donors (Lipinski definition) is 8. The number of allylic oxidation sites excluding steroid dienone is 2. The molecule has 5 rings (SSSR count). The number of rotatable bonds is 7. The fraction of sp³-hybridized carbons (Fsp3) is 0.686. The Morgan fingerprint density at radius 1 is 1.17 bits per heavy atom. The number of fused-ring (bicyclic) bond motifs is 5. The van der Waals surface area contributed by atoms with E-state index in [1.54, 1.807) is 26.0 Å². The van der Waals surface area contributed by atoms with Gasteiger partial charge >= 0.3 is 0 Å². The van der Waals surface area contributed by atoms with Crippen molar-refractivity contribution in [2.45, 2.75) is 121 Å². The van der Waals surface area contributed by atoms with Crippen LogP contribution in [0.5, 0.6) is 11.5 Å². The normalized spacial score (nSPS) is 42.6. The van der Waals surface area contributed by atoms with Gasteiger partial charge < -0.3 is 50.3 Å². The lowest BCUT2D eigenvalue weighted by Gasteiger charge is -2.62. The summed E-state index contributed by atoms with van der Waals surface area (Å²) in [6, 6.07) is 1.57. The maximum absolute atomic E-state index is 14.6. The van der Waals surface area contributed by atoms with Gasteiger partial charge in [-0.2, -0.15) is 0 Å². The molecule has 3 aliphatic carbocycles. The molecule has 1 aromatic rings. The number of benzene rings is 1. The summed E-state index contributed by atoms with van der Waals surface area (Å²) in [6.45, 7) is 14.0. The van der Waals surface area contributed by atoms with Crippen molar-refractivity contribution in [1.29, 1.82) is 0 Å². The van der Waals surface area contributed by atoms with Gasteiger partial charge in [-0.1, -0.05) is 38.2 Å². The topological polar surface area (TPSA) is 197 Å². The molecule has 1 saturated heterocycles. The number of aliphatic hydroxyl groups excluding tert-OH is 6. The Balaban J connectivity index is 1.55. The molecule has 13 atom stereocenters. The van der Waals surface area contributed by atoms with Crippen LogP contribution in [0.25, 0.3) is 0 Å². The Labute approximate surface area is 269 Å². The summed E-state index contributed by atoms with van der Waals surface area (Å²) in [5, 5.41) is 86.4. The predicted octanol–water partition coefficient (Wildman–Crippen LogP) is 1.31. The number of ether oxygens (including phenoxy) is 2. The molecule has 11 heteroatoms. The molecule has 2 saturated carbocycles. The van der Waals surface area contributed by atoms with Gasteiger partial charge in [0.2, 0.25) is 6.29 Å². The summed E-state index contributed by atoms with van der Waals surface area (Å²) in [5.74, 6) is -1.53. The number of hydrogen-bond acceptors (Lipinski definition) is 11. The molecule has 46 heavy (non-hydrogen) atoms. The summed E-state index contributed by atoms with van der Waals surface area (Å²) in [4.78, 5) is 14.6. The highest BCUT2D eigenvalue weighted by atomic mass is 16.7. The van der Waals surface area contributed by atoms with Gasteiger partial charge in [0.25, 0.3) is 0 Å². The molecule has 11 nitrogen and oxygen atoms in total. The number of aromatic hydroxyl groups is 1. The SMILES string of the molecule is C=C(C)/C=C/C(O)[C@](C)(O)C1[C@H](O)C[C@@]2(C)C3CCc4c(cc(O[C@@H]5O[C@H](CO)[C@@H](O)[C@H](O)[C@H]5O)c(O)c4C)[C@]3(C)C(=O)C[C@]12C. The summed E-state index contributed by atoms with van der Waals surface area (Å²) in [7, 11) is 0. The number of phenolic OH excluding ortho intramolecular Hbond substituents is 1. The van der Waals surface area contributed by atoms with Crippen LogP contribution in [0.15, 0.2) is 30.4 Å². The van der Waals surface area contributed by atoms with Gasteiger partial charge in [-0.05, 0) is 86.5 Å². The van der Waals surface area contributed by atoms with E-state index < -0.39 is 77.3 Å². The van der Waals surface area contributed by atoms with Crippen molar-refractivity contribution in [3.8, 4) is 11.5 Å². The second-order valence-corrected chi connectivity index (χ2v) is 15.0. The van der Waals surface area contributed by atoms with Crippen molar-refractivity contribution < 1.29 is 55.1 Å². The Hall–Kier alpha value is -2.35. The molecule has 0 spiro atoms. The van der Waals surface area contributed by atoms with Crippen LogP contribution in [0.2, 0.25) is 0 Å². The molecular weight excluding hydrogens is 596 g/mol. The van der Waals surface area contributed by atoms with Crippen molar-refractivity contribution in [2.75, 3.05) is 6.61 Å². The minimum atomic E-state index is -1.76. The van der Waals surface area contributed by atoms with Gasteiger partial charge in [-0.25, -0.2) is 0 Å². The Morgan fingerprint density at radius 3 is 2.43 bits per heavy atom. The van der Waals surface area contributed by atoms with E-state index in [1.165, 1.54) is 13.0 Å². The average molecular weight is 647 g/mol. The third-order valence-corrected chi connectivity index (χ3v) is 12.3. The second kappa shape index (κ2) is 11.7. The van der Waals surface area contributed by atoms with E-state index in [4.69, 9.17) is 9.47 Å². The maximum atomic E-state index is 14.6. The molecule has 0 radical (unpaired) electrons. The van der Waals surface area contributed by atoms with Crippen LogP contribution in [0.1, 0.15) is 70.6 Å². The van der Waals surface area contributed by atoms with Crippen molar-refractivity contribution >= 4 is 5.78 Å². The lowest BCUT2D eigenvalue weighted by Crippen LogP contribution is -2.64. The average Bonchev–Trinajstić information content (AvgIpc) is 3.19. The lowest BCUT2D eigenvalue weighted by molar-refractivity contribution is -0.277. The molecule has 1 aliphatic heterocycles. The van der Waals surface area contributed by atoms with Gasteiger partial charge in [0, 0.05) is 12.3 Å². The van der Waals surface area contributed by atoms with Crippen molar-refractivity contribution in [3.63, 3.8) is 0 Å². The van der Waals surface area contributed by atoms with E-state index in [0.29, 0.717) is 36.0 Å². The zero-order valence-electron chi connectivity index (χ0n) is 27.5. The largest absolute Gasteiger partial charge is 0.504 e. The smallest absolute Gasteiger partial charge is 0.229 e. The Kier molecular flexibility index (Phi) is 8.87. The van der Waals surface area contributed by atoms with Crippen molar-refractivity contribution in [3.05, 3.63) is 47.1 Å². The first-order valence-electron chi connectivity index (χ1n) is 16.1. The first-order valence-corrected chi connectivity index (χ1v) is 16.1. The minimum Gasteiger partial charge on any atom is -0.504 e. The second-order valence-electron chi connectivity index (χ2n) is 15.0. The van der Waals surface area contributed by atoms with Gasteiger partial charge in [0.1, 0.15) is 36.3 Å².